The van der Waals surface area contributed by atoms with E-state index in [4.69, 9.17) is 9.84 Å². The van der Waals surface area contributed by atoms with E-state index in [9.17, 15) is 9.59 Å². The molecule has 92 valence electrons. The molecule has 2 rings (SSSR count). The van der Waals surface area contributed by atoms with Crippen LogP contribution >= 0.6 is 0 Å². The second-order valence-electron chi connectivity index (χ2n) is 3.65. The normalized spacial score (nSPS) is 10.1. The summed E-state index contributed by atoms with van der Waals surface area (Å²) in [5.41, 5.74) is 0.174. The van der Waals surface area contributed by atoms with Gasteiger partial charge in [0.25, 0.3) is 0 Å². The summed E-state index contributed by atoms with van der Waals surface area (Å²) in [6.45, 7) is 0. The fraction of sp³-hybridized carbons (Fsp3) is 0.0769. The Bertz CT molecular complexity index is 628. The Labute approximate surface area is 103 Å². The first-order chi connectivity index (χ1) is 8.63. The first-order valence-corrected chi connectivity index (χ1v) is 5.22. The molecule has 0 fully saturated rings. The molecule has 0 spiro atoms. The quantitative estimate of drug-likeness (QED) is 0.863. The lowest BCUT2D eigenvalue weighted by molar-refractivity contribution is 0.0695. The molecule has 0 radical (unpaired) electrons. The molecule has 1 aromatic carbocycles. The van der Waals surface area contributed by atoms with Crippen molar-refractivity contribution in [3.8, 4) is 16.9 Å². The van der Waals surface area contributed by atoms with Crippen LogP contribution < -0.4 is 10.2 Å². The number of carboxylic acids is 1. The molecule has 0 aliphatic heterocycles. The molecule has 0 saturated carbocycles. The number of aromatic nitrogens is 1. The molecular formula is C13H11NO4. The van der Waals surface area contributed by atoms with Gasteiger partial charge in [0.1, 0.15) is 11.3 Å². The third-order valence-corrected chi connectivity index (χ3v) is 2.58. The number of methoxy groups -OCH3 is 1. The van der Waals surface area contributed by atoms with Gasteiger partial charge in [0, 0.05) is 18.0 Å². The maximum Gasteiger partial charge on any atom is 0.341 e. The van der Waals surface area contributed by atoms with Gasteiger partial charge in [0.15, 0.2) is 0 Å². The van der Waals surface area contributed by atoms with Gasteiger partial charge in [-0.3, -0.25) is 4.79 Å². The van der Waals surface area contributed by atoms with E-state index in [-0.39, 0.29) is 5.56 Å². The van der Waals surface area contributed by atoms with E-state index in [1.807, 2.05) is 0 Å². The Morgan fingerprint density at radius 3 is 2.44 bits per heavy atom. The SMILES string of the molecule is COc1ccc(-c2c[nH]cc(C(=O)O)c2=O)cc1. The molecule has 0 bridgehead atoms. The minimum Gasteiger partial charge on any atom is -0.497 e. The first kappa shape index (κ1) is 11.9. The van der Waals surface area contributed by atoms with Crippen molar-refractivity contribution in [1.82, 2.24) is 4.98 Å². The molecular weight excluding hydrogens is 234 g/mol. The summed E-state index contributed by atoms with van der Waals surface area (Å²) in [5.74, 6) is -0.573. The van der Waals surface area contributed by atoms with Gasteiger partial charge in [0.05, 0.1) is 7.11 Å². The highest BCUT2D eigenvalue weighted by Gasteiger charge is 2.12. The minimum absolute atomic E-state index is 0.275. The van der Waals surface area contributed by atoms with Crippen molar-refractivity contribution < 1.29 is 14.6 Å². The predicted molar refractivity (Wildman–Crippen MR) is 66.0 cm³/mol. The van der Waals surface area contributed by atoms with Crippen LogP contribution in [0.15, 0.2) is 41.5 Å². The average Bonchev–Trinajstić information content (AvgIpc) is 2.39. The van der Waals surface area contributed by atoms with Crippen molar-refractivity contribution in [3.63, 3.8) is 0 Å². The van der Waals surface area contributed by atoms with E-state index in [1.54, 1.807) is 31.4 Å². The molecule has 0 atom stereocenters. The molecule has 0 amide bonds. The number of benzene rings is 1. The molecule has 0 aliphatic rings. The number of carbonyl (C=O) groups is 1. The summed E-state index contributed by atoms with van der Waals surface area (Å²) in [7, 11) is 1.55. The highest BCUT2D eigenvalue weighted by atomic mass is 16.5. The average molecular weight is 245 g/mol. The van der Waals surface area contributed by atoms with Gasteiger partial charge in [-0.25, -0.2) is 4.79 Å². The van der Waals surface area contributed by atoms with Gasteiger partial charge >= 0.3 is 5.97 Å². The Hall–Kier alpha value is -2.56. The largest absolute Gasteiger partial charge is 0.497 e. The zero-order valence-corrected chi connectivity index (χ0v) is 9.64. The number of rotatable bonds is 3. The van der Waals surface area contributed by atoms with Gasteiger partial charge in [-0.2, -0.15) is 0 Å². The Balaban J connectivity index is 2.53. The third kappa shape index (κ3) is 2.10. The monoisotopic (exact) mass is 245 g/mol. The van der Waals surface area contributed by atoms with Crippen LogP contribution in [0.5, 0.6) is 5.75 Å². The maximum atomic E-state index is 11.9. The summed E-state index contributed by atoms with van der Waals surface area (Å²) in [6, 6.07) is 6.83. The van der Waals surface area contributed by atoms with E-state index < -0.39 is 11.4 Å². The number of pyridine rings is 1. The molecule has 0 aliphatic carbocycles. The van der Waals surface area contributed by atoms with Gasteiger partial charge in [0.2, 0.25) is 5.43 Å². The Morgan fingerprint density at radius 2 is 1.89 bits per heavy atom. The van der Waals surface area contributed by atoms with Crippen molar-refractivity contribution in [2.45, 2.75) is 0 Å². The fourth-order valence-electron chi connectivity index (χ4n) is 1.63. The molecule has 1 aromatic heterocycles. The highest BCUT2D eigenvalue weighted by molar-refractivity contribution is 5.88. The number of aromatic carboxylic acids is 1. The lowest BCUT2D eigenvalue weighted by Crippen LogP contribution is -2.16. The molecule has 5 nitrogen and oxygen atoms in total. The number of hydrogen-bond acceptors (Lipinski definition) is 3. The van der Waals surface area contributed by atoms with Crippen LogP contribution in [-0.2, 0) is 0 Å². The summed E-state index contributed by atoms with van der Waals surface area (Å²) >= 11 is 0. The van der Waals surface area contributed by atoms with Crippen molar-refractivity contribution in [2.75, 3.05) is 7.11 Å². The van der Waals surface area contributed by atoms with Gasteiger partial charge in [-0.1, -0.05) is 12.1 Å². The first-order valence-electron chi connectivity index (χ1n) is 5.22. The van der Waals surface area contributed by atoms with Crippen molar-refractivity contribution in [2.24, 2.45) is 0 Å². The van der Waals surface area contributed by atoms with Crippen LogP contribution in [0, 0.1) is 0 Å². The van der Waals surface area contributed by atoms with Crippen LogP contribution in [0.25, 0.3) is 11.1 Å². The van der Waals surface area contributed by atoms with E-state index in [2.05, 4.69) is 4.98 Å². The van der Waals surface area contributed by atoms with E-state index in [0.717, 1.165) is 0 Å². The van der Waals surface area contributed by atoms with Crippen LogP contribution in [0.3, 0.4) is 0 Å². The summed E-state index contributed by atoms with van der Waals surface area (Å²) < 4.78 is 5.02. The van der Waals surface area contributed by atoms with E-state index in [0.29, 0.717) is 16.9 Å². The molecule has 1 heterocycles. The van der Waals surface area contributed by atoms with Crippen LogP contribution in [0.2, 0.25) is 0 Å². The zero-order valence-electron chi connectivity index (χ0n) is 9.64. The van der Waals surface area contributed by atoms with Crippen LogP contribution in [-0.4, -0.2) is 23.2 Å². The number of hydrogen-bond donors (Lipinski definition) is 2. The van der Waals surface area contributed by atoms with E-state index in [1.165, 1.54) is 12.4 Å². The summed E-state index contributed by atoms with van der Waals surface area (Å²) in [4.78, 5) is 25.5. The van der Waals surface area contributed by atoms with Crippen LogP contribution in [0.1, 0.15) is 10.4 Å². The second-order valence-corrected chi connectivity index (χ2v) is 3.65. The lowest BCUT2D eigenvalue weighted by atomic mass is 10.1. The predicted octanol–water partition coefficient (Wildman–Crippen LogP) is 1.75. The van der Waals surface area contributed by atoms with Crippen molar-refractivity contribution in [3.05, 3.63) is 52.4 Å². The Morgan fingerprint density at radius 1 is 1.22 bits per heavy atom. The lowest BCUT2D eigenvalue weighted by Gasteiger charge is -2.04. The summed E-state index contributed by atoms with van der Waals surface area (Å²) in [6.07, 6.45) is 2.66. The van der Waals surface area contributed by atoms with Gasteiger partial charge in [-0.15, -0.1) is 0 Å². The molecule has 18 heavy (non-hydrogen) atoms. The molecule has 5 heteroatoms. The van der Waals surface area contributed by atoms with Gasteiger partial charge < -0.3 is 14.8 Å². The number of ether oxygens (including phenoxy) is 1. The number of nitrogens with one attached hydrogen (secondary N) is 1. The topological polar surface area (TPSA) is 79.4 Å². The number of carboxylic acid groups (broad SMARTS) is 1. The van der Waals surface area contributed by atoms with Gasteiger partial charge in [-0.05, 0) is 17.7 Å². The number of aromatic amines is 1. The maximum absolute atomic E-state index is 11.9. The fourth-order valence-corrected chi connectivity index (χ4v) is 1.63. The second kappa shape index (κ2) is 4.75. The Kier molecular flexibility index (Phi) is 3.14. The van der Waals surface area contributed by atoms with Crippen molar-refractivity contribution in [1.29, 1.82) is 0 Å². The number of H-pyrrole nitrogens is 1. The van der Waals surface area contributed by atoms with Crippen LogP contribution in [0.4, 0.5) is 0 Å². The standard InChI is InChI=1S/C13H11NO4/c1-18-9-4-2-8(3-5-9)10-6-14-7-11(12(10)15)13(16)17/h2-7H,1H3,(H,14,15)(H,16,17). The van der Waals surface area contributed by atoms with E-state index >= 15 is 0 Å². The third-order valence-electron chi connectivity index (χ3n) is 2.58. The molecule has 2 aromatic rings. The molecule has 2 N–H and O–H groups in total. The van der Waals surface area contributed by atoms with Crippen molar-refractivity contribution >= 4 is 5.97 Å². The molecule has 0 saturated heterocycles. The smallest absolute Gasteiger partial charge is 0.341 e. The zero-order chi connectivity index (χ0) is 13.1. The summed E-state index contributed by atoms with van der Waals surface area (Å²) in [5, 5.41) is 8.88. The molecule has 0 unspecified atom stereocenters. The highest BCUT2D eigenvalue weighted by Crippen LogP contribution is 2.19. The minimum atomic E-state index is -1.24.